The Balaban J connectivity index is 1.92. The van der Waals surface area contributed by atoms with E-state index in [4.69, 9.17) is 25.8 Å². The molecule has 1 N–H and O–H groups in total. The number of nitrogens with one attached hydrogen (secondary N) is 1. The number of rotatable bonds is 11. The Hall–Kier alpha value is -3.83. The summed E-state index contributed by atoms with van der Waals surface area (Å²) in [5, 5.41) is 3.83. The fourth-order valence-corrected chi connectivity index (χ4v) is 4.91. The van der Waals surface area contributed by atoms with E-state index < -0.39 is 28.3 Å². The number of amides is 1. The number of halogens is 2. The van der Waals surface area contributed by atoms with Gasteiger partial charge in [-0.15, -0.1) is 0 Å². The van der Waals surface area contributed by atoms with Gasteiger partial charge in [-0.3, -0.25) is 9.10 Å². The Labute approximate surface area is 219 Å². The second kappa shape index (κ2) is 12.4. The molecular weight excluding hydrogens is 525 g/mol. The van der Waals surface area contributed by atoms with Gasteiger partial charge in [-0.05, 0) is 55.5 Å². The molecule has 0 heterocycles. The van der Waals surface area contributed by atoms with Gasteiger partial charge in [0.2, 0.25) is 0 Å². The van der Waals surface area contributed by atoms with Crippen LogP contribution in [-0.4, -0.2) is 47.9 Å². The minimum absolute atomic E-state index is 0.0224. The zero-order valence-corrected chi connectivity index (χ0v) is 21.8. The first-order chi connectivity index (χ1) is 17.7. The lowest BCUT2D eigenvalue weighted by molar-refractivity contribution is -0.119. The molecule has 196 valence electrons. The molecule has 0 aliphatic carbocycles. The van der Waals surface area contributed by atoms with Crippen LogP contribution in [0.4, 0.5) is 10.1 Å². The lowest BCUT2D eigenvalue weighted by atomic mass is 10.2. The molecule has 0 fully saturated rings. The molecule has 0 aliphatic rings. The average Bonchev–Trinajstić information content (AvgIpc) is 2.89. The summed E-state index contributed by atoms with van der Waals surface area (Å²) in [7, 11) is -1.45. The molecule has 0 aromatic heterocycles. The monoisotopic (exact) mass is 549 g/mol. The molecule has 0 spiro atoms. The van der Waals surface area contributed by atoms with Crippen LogP contribution in [0, 0.1) is 5.82 Å². The molecule has 0 atom stereocenters. The summed E-state index contributed by atoms with van der Waals surface area (Å²) in [5.41, 5.74) is 2.39. The van der Waals surface area contributed by atoms with Crippen LogP contribution < -0.4 is 23.9 Å². The van der Waals surface area contributed by atoms with E-state index in [1.807, 2.05) is 6.92 Å². The van der Waals surface area contributed by atoms with Crippen molar-refractivity contribution in [2.24, 2.45) is 5.10 Å². The molecule has 12 heteroatoms. The van der Waals surface area contributed by atoms with Crippen LogP contribution >= 0.6 is 11.6 Å². The summed E-state index contributed by atoms with van der Waals surface area (Å²) >= 11 is 5.96. The Morgan fingerprint density at radius 3 is 2.41 bits per heavy atom. The lowest BCUT2D eigenvalue weighted by Crippen LogP contribution is -2.39. The molecule has 0 saturated heterocycles. The van der Waals surface area contributed by atoms with Crippen LogP contribution in [0.15, 0.2) is 70.7 Å². The maximum absolute atomic E-state index is 13.9. The number of nitrogens with zero attached hydrogens (tertiary/aromatic N) is 2. The fourth-order valence-electron chi connectivity index (χ4n) is 3.26. The molecule has 3 aromatic carbocycles. The smallest absolute Gasteiger partial charge is 0.264 e. The summed E-state index contributed by atoms with van der Waals surface area (Å²) in [6.07, 6.45) is 1.04. The van der Waals surface area contributed by atoms with Crippen molar-refractivity contribution in [2.45, 2.75) is 11.8 Å². The van der Waals surface area contributed by atoms with Crippen molar-refractivity contribution in [1.82, 2.24) is 5.43 Å². The quantitative estimate of drug-likeness (QED) is 0.283. The third-order valence-electron chi connectivity index (χ3n) is 5.05. The van der Waals surface area contributed by atoms with Crippen LogP contribution in [0.1, 0.15) is 12.5 Å². The fraction of sp³-hybridized carbons (Fsp3) is 0.200. The third kappa shape index (κ3) is 6.69. The van der Waals surface area contributed by atoms with Crippen molar-refractivity contribution in [3.63, 3.8) is 0 Å². The van der Waals surface area contributed by atoms with Crippen molar-refractivity contribution >= 4 is 39.4 Å². The van der Waals surface area contributed by atoms with Crippen molar-refractivity contribution in [3.8, 4) is 17.2 Å². The Morgan fingerprint density at radius 2 is 1.78 bits per heavy atom. The van der Waals surface area contributed by atoms with Crippen LogP contribution in [0.2, 0.25) is 5.02 Å². The van der Waals surface area contributed by atoms with Gasteiger partial charge in [0.1, 0.15) is 18.1 Å². The van der Waals surface area contributed by atoms with Crippen molar-refractivity contribution in [2.75, 3.05) is 31.7 Å². The standard InChI is InChI=1S/C25H25ClFN3O6S/c1-4-36-18-10-8-17(9-11-18)30(37(32,33)19-12-13-23(34-2)24(14-19)35-3)16-25(31)29-28-15-20-21(26)6-5-7-22(20)27/h5-15H,4,16H2,1-3H3,(H,29,31)/b28-15-. The second-order valence-corrected chi connectivity index (χ2v) is 9.65. The number of carbonyl (C=O) groups is 1. The van der Waals surface area contributed by atoms with Gasteiger partial charge in [0.05, 0.1) is 42.6 Å². The van der Waals surface area contributed by atoms with Crippen LogP contribution in [0.3, 0.4) is 0 Å². The summed E-state index contributed by atoms with van der Waals surface area (Å²) in [6.45, 7) is 1.62. The van der Waals surface area contributed by atoms with Crippen LogP contribution in [0.25, 0.3) is 0 Å². The number of sulfonamides is 1. The molecule has 0 bridgehead atoms. The summed E-state index contributed by atoms with van der Waals surface area (Å²) < 4.78 is 58.0. The van der Waals surface area contributed by atoms with E-state index in [2.05, 4.69) is 10.5 Å². The number of hydrogen-bond acceptors (Lipinski definition) is 7. The van der Waals surface area contributed by atoms with Gasteiger partial charge in [0.15, 0.2) is 11.5 Å². The highest BCUT2D eigenvalue weighted by Gasteiger charge is 2.28. The molecular formula is C25H25ClFN3O6S. The third-order valence-corrected chi connectivity index (χ3v) is 7.15. The van der Waals surface area contributed by atoms with E-state index in [1.165, 1.54) is 62.8 Å². The SMILES string of the molecule is CCOc1ccc(N(CC(=O)N/N=C\c2c(F)cccc2Cl)S(=O)(=O)c2ccc(OC)c(OC)c2)cc1. The number of carbonyl (C=O) groups excluding carboxylic acids is 1. The van der Waals surface area contributed by atoms with Gasteiger partial charge in [-0.1, -0.05) is 17.7 Å². The van der Waals surface area contributed by atoms with Gasteiger partial charge >= 0.3 is 0 Å². The van der Waals surface area contributed by atoms with E-state index in [0.717, 1.165) is 10.5 Å². The number of benzene rings is 3. The van der Waals surface area contributed by atoms with Gasteiger partial charge in [-0.2, -0.15) is 5.10 Å². The topological polar surface area (TPSA) is 107 Å². The number of ether oxygens (including phenoxy) is 3. The average molecular weight is 550 g/mol. The first-order valence-corrected chi connectivity index (χ1v) is 12.8. The maximum atomic E-state index is 13.9. The largest absolute Gasteiger partial charge is 0.494 e. The summed E-state index contributed by atoms with van der Waals surface area (Å²) in [4.78, 5) is 12.6. The molecule has 1 amide bonds. The second-order valence-electron chi connectivity index (χ2n) is 7.38. The van der Waals surface area contributed by atoms with E-state index in [0.29, 0.717) is 18.1 Å². The van der Waals surface area contributed by atoms with Crippen molar-refractivity contribution < 1.29 is 31.8 Å². The first-order valence-electron chi connectivity index (χ1n) is 10.9. The summed E-state index contributed by atoms with van der Waals surface area (Å²) in [6, 6.07) is 14.4. The zero-order valence-electron chi connectivity index (χ0n) is 20.3. The minimum atomic E-state index is -4.26. The van der Waals surface area contributed by atoms with Gasteiger partial charge in [-0.25, -0.2) is 18.2 Å². The molecule has 3 aromatic rings. The highest BCUT2D eigenvalue weighted by molar-refractivity contribution is 7.92. The Kier molecular flexibility index (Phi) is 9.31. The molecule has 37 heavy (non-hydrogen) atoms. The van der Waals surface area contributed by atoms with Gasteiger partial charge in [0.25, 0.3) is 15.9 Å². The van der Waals surface area contributed by atoms with E-state index in [-0.39, 0.29) is 26.9 Å². The first kappa shape index (κ1) is 27.8. The highest BCUT2D eigenvalue weighted by atomic mass is 35.5. The summed E-state index contributed by atoms with van der Waals surface area (Å²) in [5.74, 6) is -0.330. The zero-order chi connectivity index (χ0) is 27.0. The predicted molar refractivity (Wildman–Crippen MR) is 139 cm³/mol. The van der Waals surface area contributed by atoms with Crippen molar-refractivity contribution in [3.05, 3.63) is 77.1 Å². The normalized spacial score (nSPS) is 11.3. The minimum Gasteiger partial charge on any atom is -0.494 e. The van der Waals surface area contributed by atoms with Crippen LogP contribution in [0.5, 0.6) is 17.2 Å². The number of methoxy groups -OCH3 is 2. The molecule has 9 nitrogen and oxygen atoms in total. The lowest BCUT2D eigenvalue weighted by Gasteiger charge is -2.24. The van der Waals surface area contributed by atoms with E-state index in [9.17, 15) is 17.6 Å². The maximum Gasteiger partial charge on any atom is 0.264 e. The number of anilines is 1. The van der Waals surface area contributed by atoms with Crippen LogP contribution in [-0.2, 0) is 14.8 Å². The van der Waals surface area contributed by atoms with Gasteiger partial charge in [0, 0.05) is 11.6 Å². The molecule has 3 rings (SSSR count). The predicted octanol–water partition coefficient (Wildman–Crippen LogP) is 4.24. The highest BCUT2D eigenvalue weighted by Crippen LogP contribution is 2.32. The molecule has 0 aliphatic heterocycles. The molecule has 0 unspecified atom stereocenters. The number of hydrogen-bond donors (Lipinski definition) is 1. The molecule has 0 saturated carbocycles. The Morgan fingerprint density at radius 1 is 1.08 bits per heavy atom. The van der Waals surface area contributed by atoms with Crippen molar-refractivity contribution in [1.29, 1.82) is 0 Å². The van der Waals surface area contributed by atoms with E-state index in [1.54, 1.807) is 12.1 Å². The Bertz CT molecular complexity index is 1360. The van der Waals surface area contributed by atoms with E-state index >= 15 is 0 Å². The van der Waals surface area contributed by atoms with Gasteiger partial charge < -0.3 is 14.2 Å². The number of hydrazone groups is 1. The molecule has 0 radical (unpaired) electrons.